The molecule has 0 heterocycles. The third-order valence-corrected chi connectivity index (χ3v) is 2.13. The van der Waals surface area contributed by atoms with Crippen LogP contribution in [0, 0.1) is 0 Å². The van der Waals surface area contributed by atoms with Gasteiger partial charge >= 0.3 is 0 Å². The van der Waals surface area contributed by atoms with E-state index in [1.807, 2.05) is 0 Å². The van der Waals surface area contributed by atoms with Gasteiger partial charge in [0.15, 0.2) is 0 Å². The molecule has 9 nitrogen and oxygen atoms in total. The van der Waals surface area contributed by atoms with E-state index >= 15 is 0 Å². The fraction of sp³-hybridized carbons (Fsp3) is 0.846. The van der Waals surface area contributed by atoms with E-state index in [-0.39, 0.29) is 13.2 Å². The first-order chi connectivity index (χ1) is 10.8. The minimum atomic E-state index is 0.0889. The Balaban J connectivity index is 3.19. The van der Waals surface area contributed by atoms with Crippen molar-refractivity contribution in [1.82, 2.24) is 10.8 Å². The van der Waals surface area contributed by atoms with Crippen LogP contribution in [-0.2, 0) is 29.1 Å². The Morgan fingerprint density at radius 3 is 2.45 bits per heavy atom. The summed E-state index contributed by atoms with van der Waals surface area (Å²) in [5.74, 6) is 0. The lowest BCUT2D eigenvalue weighted by Gasteiger charge is -2.06. The second-order valence-corrected chi connectivity index (χ2v) is 4.10. The number of nitrogens with one attached hydrogen (secondary N) is 2. The second kappa shape index (κ2) is 18.1. The lowest BCUT2D eigenvalue weighted by molar-refractivity contribution is -0.510. The molecule has 4 N–H and O–H groups in total. The summed E-state index contributed by atoms with van der Waals surface area (Å²) in [6.45, 7) is 5.81. The van der Waals surface area contributed by atoms with Crippen molar-refractivity contribution in [3.8, 4) is 0 Å². The Labute approximate surface area is 131 Å². The summed E-state index contributed by atoms with van der Waals surface area (Å²) >= 11 is 0. The maximum atomic E-state index is 5.65. The van der Waals surface area contributed by atoms with Gasteiger partial charge in [0.2, 0.25) is 0 Å². The van der Waals surface area contributed by atoms with Crippen molar-refractivity contribution in [2.75, 3.05) is 59.8 Å². The highest BCUT2D eigenvalue weighted by molar-refractivity contribution is 4.94. The number of hydroxylamine groups is 1. The van der Waals surface area contributed by atoms with Crippen LogP contribution < -0.4 is 16.5 Å². The fourth-order valence-electron chi connectivity index (χ4n) is 1.18. The molecule has 0 unspecified atom stereocenters. The SMILES string of the molecule is CCCOCCOCCOOOC/C(N)=C/NCCONC. The Kier molecular flexibility index (Phi) is 17.3. The monoisotopic (exact) mass is 323 g/mol. The van der Waals surface area contributed by atoms with Crippen molar-refractivity contribution < 1.29 is 29.1 Å². The van der Waals surface area contributed by atoms with Gasteiger partial charge in [0.25, 0.3) is 0 Å². The maximum absolute atomic E-state index is 5.65. The van der Waals surface area contributed by atoms with Gasteiger partial charge in [-0.1, -0.05) is 12.0 Å². The van der Waals surface area contributed by atoms with Crippen LogP contribution in [0.15, 0.2) is 11.9 Å². The molecule has 0 amide bonds. The zero-order chi connectivity index (χ0) is 16.3. The van der Waals surface area contributed by atoms with Crippen molar-refractivity contribution >= 4 is 0 Å². The Bertz CT molecular complexity index is 256. The summed E-state index contributed by atoms with van der Waals surface area (Å²) in [7, 11) is 1.70. The summed E-state index contributed by atoms with van der Waals surface area (Å²) in [5, 5.41) is 7.45. The van der Waals surface area contributed by atoms with Gasteiger partial charge in [-0.2, -0.15) is 4.89 Å². The van der Waals surface area contributed by atoms with Crippen molar-refractivity contribution in [3.63, 3.8) is 0 Å². The van der Waals surface area contributed by atoms with E-state index < -0.39 is 0 Å². The van der Waals surface area contributed by atoms with Gasteiger partial charge in [-0.05, 0) is 6.42 Å². The van der Waals surface area contributed by atoms with Crippen molar-refractivity contribution in [2.45, 2.75) is 13.3 Å². The molecule has 0 aliphatic carbocycles. The van der Waals surface area contributed by atoms with E-state index in [0.717, 1.165) is 13.0 Å². The molecule has 132 valence electrons. The molecule has 0 spiro atoms. The number of nitrogens with two attached hydrogens (primary N) is 1. The first-order valence-electron chi connectivity index (χ1n) is 7.34. The van der Waals surface area contributed by atoms with Gasteiger partial charge in [0, 0.05) is 26.4 Å². The molecule has 0 bridgehead atoms. The summed E-state index contributed by atoms with van der Waals surface area (Å²) < 4.78 is 10.5. The fourth-order valence-corrected chi connectivity index (χ4v) is 1.18. The molecule has 0 aromatic rings. The summed E-state index contributed by atoms with van der Waals surface area (Å²) in [6, 6.07) is 0. The van der Waals surface area contributed by atoms with Crippen LogP contribution in [0.3, 0.4) is 0 Å². The number of rotatable bonds is 17. The zero-order valence-corrected chi connectivity index (χ0v) is 13.5. The van der Waals surface area contributed by atoms with E-state index in [1.54, 1.807) is 13.2 Å². The van der Waals surface area contributed by atoms with Gasteiger partial charge in [-0.25, -0.2) is 10.4 Å². The molecule has 0 aliphatic rings. The summed E-state index contributed by atoms with van der Waals surface area (Å²) in [5.41, 5.74) is 8.68. The standard InChI is InChI=1S/C13H29N3O6/c1-3-5-17-7-8-18-9-10-20-22-21-12-13(14)11-16-4-6-19-15-2/h11,15-16H,3-10,12,14H2,1-2H3/b13-11-. The molecule has 0 fully saturated rings. The molecule has 0 saturated heterocycles. The van der Waals surface area contributed by atoms with E-state index in [9.17, 15) is 0 Å². The zero-order valence-electron chi connectivity index (χ0n) is 13.5. The first kappa shape index (κ1) is 21.1. The second-order valence-electron chi connectivity index (χ2n) is 4.10. The molecule has 0 atom stereocenters. The molecule has 9 heteroatoms. The first-order valence-corrected chi connectivity index (χ1v) is 7.34. The summed E-state index contributed by atoms with van der Waals surface area (Å²) in [6.07, 6.45) is 2.62. The van der Waals surface area contributed by atoms with E-state index in [0.29, 0.717) is 38.7 Å². The van der Waals surface area contributed by atoms with E-state index in [2.05, 4.69) is 22.8 Å². The van der Waals surface area contributed by atoms with Crippen LogP contribution in [0.2, 0.25) is 0 Å². The Hall–Kier alpha value is -0.940. The number of hydrogen-bond donors (Lipinski definition) is 3. The highest BCUT2D eigenvalue weighted by Crippen LogP contribution is 1.88. The number of hydrogen-bond acceptors (Lipinski definition) is 9. The number of ether oxygens (including phenoxy) is 2. The predicted octanol–water partition coefficient (Wildman–Crippen LogP) is -0.150. The Morgan fingerprint density at radius 2 is 1.73 bits per heavy atom. The van der Waals surface area contributed by atoms with Crippen molar-refractivity contribution in [2.24, 2.45) is 5.73 Å². The lowest BCUT2D eigenvalue weighted by atomic mass is 10.5. The normalized spacial score (nSPS) is 11.8. The highest BCUT2D eigenvalue weighted by atomic mass is 17.5. The van der Waals surface area contributed by atoms with Gasteiger partial charge in [-0.3, -0.25) is 0 Å². The minimum absolute atomic E-state index is 0.0889. The topological polar surface area (TPSA) is 105 Å². The average Bonchev–Trinajstić information content (AvgIpc) is 2.52. The average molecular weight is 323 g/mol. The molecular weight excluding hydrogens is 294 g/mol. The summed E-state index contributed by atoms with van der Waals surface area (Å²) in [4.78, 5) is 14.4. The van der Waals surface area contributed by atoms with E-state index in [4.69, 9.17) is 29.8 Å². The third kappa shape index (κ3) is 17.1. The minimum Gasteiger partial charge on any atom is -0.399 e. The van der Waals surface area contributed by atoms with Gasteiger partial charge in [-0.15, -0.1) is 0 Å². The molecule has 0 saturated carbocycles. The molecule has 0 radical (unpaired) electrons. The molecule has 0 aromatic heterocycles. The molecular formula is C13H29N3O6. The van der Waals surface area contributed by atoms with Crippen molar-refractivity contribution in [1.29, 1.82) is 0 Å². The van der Waals surface area contributed by atoms with Crippen LogP contribution in [0.4, 0.5) is 0 Å². The van der Waals surface area contributed by atoms with E-state index in [1.165, 1.54) is 0 Å². The third-order valence-electron chi connectivity index (χ3n) is 2.13. The van der Waals surface area contributed by atoms with Crippen LogP contribution in [-0.4, -0.2) is 59.8 Å². The quantitative estimate of drug-likeness (QED) is 0.191. The van der Waals surface area contributed by atoms with Crippen LogP contribution in [0.25, 0.3) is 0 Å². The van der Waals surface area contributed by atoms with Gasteiger partial charge in [0.1, 0.15) is 13.2 Å². The van der Waals surface area contributed by atoms with Gasteiger partial charge in [0.05, 0.1) is 32.1 Å². The Morgan fingerprint density at radius 1 is 1.00 bits per heavy atom. The predicted molar refractivity (Wildman–Crippen MR) is 80.2 cm³/mol. The lowest BCUT2D eigenvalue weighted by Crippen LogP contribution is -2.20. The highest BCUT2D eigenvalue weighted by Gasteiger charge is 1.95. The van der Waals surface area contributed by atoms with Crippen LogP contribution >= 0.6 is 0 Å². The molecule has 0 aliphatic heterocycles. The van der Waals surface area contributed by atoms with Crippen LogP contribution in [0.1, 0.15) is 13.3 Å². The van der Waals surface area contributed by atoms with Crippen LogP contribution in [0.5, 0.6) is 0 Å². The van der Waals surface area contributed by atoms with Gasteiger partial charge < -0.3 is 25.4 Å². The molecule has 22 heavy (non-hydrogen) atoms. The smallest absolute Gasteiger partial charge is 0.126 e. The maximum Gasteiger partial charge on any atom is 0.126 e. The van der Waals surface area contributed by atoms with Crippen molar-refractivity contribution in [3.05, 3.63) is 11.9 Å². The molecule has 0 rings (SSSR count). The molecule has 0 aromatic carbocycles. The largest absolute Gasteiger partial charge is 0.399 e.